The molecule has 6 atom stereocenters. The molecule has 0 spiro atoms. The van der Waals surface area contributed by atoms with E-state index < -0.39 is 0 Å². The molecule has 0 aromatic heterocycles. The minimum Gasteiger partial charge on any atom is -0.388 e. The summed E-state index contributed by atoms with van der Waals surface area (Å²) in [4.78, 5) is 0. The van der Waals surface area contributed by atoms with E-state index in [4.69, 9.17) is 0 Å². The summed E-state index contributed by atoms with van der Waals surface area (Å²) in [6, 6.07) is 0. The second-order valence-electron chi connectivity index (χ2n) is 9.52. The minimum atomic E-state index is -0.367. The Morgan fingerprint density at radius 3 is 2.70 bits per heavy atom. The quantitative estimate of drug-likeness (QED) is 0.643. The van der Waals surface area contributed by atoms with Gasteiger partial charge in [-0.25, -0.2) is 0 Å². The third-order valence-electron chi connectivity index (χ3n) is 8.19. The number of aliphatic hydroxyl groups excluding tert-OH is 1. The molecule has 3 aliphatic rings. The fraction of sp³-hybridized carbons (Fsp3) is 0.818. The first kappa shape index (κ1) is 17.3. The van der Waals surface area contributed by atoms with Crippen LogP contribution in [0.3, 0.4) is 0 Å². The Morgan fingerprint density at radius 2 is 2.04 bits per heavy atom. The molecule has 1 N–H and O–H groups in total. The molecular weight excluding hydrogens is 280 g/mol. The molecule has 130 valence electrons. The first-order valence-electron chi connectivity index (χ1n) is 9.80. The molecule has 2 fully saturated rings. The van der Waals surface area contributed by atoms with Crippen molar-refractivity contribution in [3.63, 3.8) is 0 Å². The van der Waals surface area contributed by atoms with Crippen LogP contribution in [0.4, 0.5) is 0 Å². The first-order chi connectivity index (χ1) is 10.8. The Hall–Kier alpha value is -0.560. The van der Waals surface area contributed by atoms with Gasteiger partial charge in [0.25, 0.3) is 0 Å². The van der Waals surface area contributed by atoms with E-state index in [0.29, 0.717) is 16.7 Å². The fourth-order valence-corrected chi connectivity index (χ4v) is 6.45. The highest BCUT2D eigenvalue weighted by atomic mass is 16.3. The highest BCUT2D eigenvalue weighted by molar-refractivity contribution is 5.28. The van der Waals surface area contributed by atoms with Crippen molar-refractivity contribution >= 4 is 0 Å². The highest BCUT2D eigenvalue weighted by Crippen LogP contribution is 2.64. The van der Waals surface area contributed by atoms with Crippen LogP contribution in [0.15, 0.2) is 24.3 Å². The summed E-state index contributed by atoms with van der Waals surface area (Å²) in [6.45, 7) is 13.5. The van der Waals surface area contributed by atoms with Gasteiger partial charge in [-0.15, -0.1) is 6.58 Å². The normalized spacial score (nSPS) is 48.0. The van der Waals surface area contributed by atoms with E-state index in [0.717, 1.165) is 12.3 Å². The van der Waals surface area contributed by atoms with Crippen LogP contribution in [0.25, 0.3) is 0 Å². The van der Waals surface area contributed by atoms with E-state index in [-0.39, 0.29) is 11.5 Å². The predicted octanol–water partition coefficient (Wildman–Crippen LogP) is 5.89. The lowest BCUT2D eigenvalue weighted by Gasteiger charge is -2.60. The largest absolute Gasteiger partial charge is 0.388 e. The summed E-state index contributed by atoms with van der Waals surface area (Å²) in [5.74, 6) is 1.39. The van der Waals surface area contributed by atoms with Crippen LogP contribution in [-0.2, 0) is 0 Å². The molecule has 3 unspecified atom stereocenters. The monoisotopic (exact) mass is 316 g/mol. The topological polar surface area (TPSA) is 20.2 Å². The lowest BCUT2D eigenvalue weighted by Crippen LogP contribution is -2.53. The molecule has 0 aromatic rings. The predicted molar refractivity (Wildman–Crippen MR) is 98.2 cm³/mol. The zero-order valence-electron chi connectivity index (χ0n) is 15.7. The van der Waals surface area contributed by atoms with Gasteiger partial charge in [-0.3, -0.25) is 0 Å². The average Bonchev–Trinajstić information content (AvgIpc) is 2.53. The summed E-state index contributed by atoms with van der Waals surface area (Å²) < 4.78 is 0. The third kappa shape index (κ3) is 2.54. The Morgan fingerprint density at radius 1 is 1.30 bits per heavy atom. The van der Waals surface area contributed by atoms with Crippen LogP contribution >= 0.6 is 0 Å². The van der Waals surface area contributed by atoms with Crippen LogP contribution in [0.1, 0.15) is 79.1 Å². The van der Waals surface area contributed by atoms with Gasteiger partial charge in [0.1, 0.15) is 0 Å². The molecule has 0 amide bonds. The van der Waals surface area contributed by atoms with Gasteiger partial charge in [-0.2, -0.15) is 0 Å². The summed E-state index contributed by atoms with van der Waals surface area (Å²) in [5, 5.41) is 10.7. The van der Waals surface area contributed by atoms with E-state index >= 15 is 0 Å². The van der Waals surface area contributed by atoms with E-state index in [9.17, 15) is 5.11 Å². The summed E-state index contributed by atoms with van der Waals surface area (Å²) in [6.07, 6.45) is 14.2. The Bertz CT molecular complexity index is 506. The van der Waals surface area contributed by atoms with Gasteiger partial charge in [0.15, 0.2) is 0 Å². The van der Waals surface area contributed by atoms with E-state index in [2.05, 4.69) is 40.3 Å². The van der Waals surface area contributed by atoms with Gasteiger partial charge in [0.05, 0.1) is 6.10 Å². The Kier molecular flexibility index (Phi) is 4.32. The van der Waals surface area contributed by atoms with E-state index in [1.807, 2.05) is 0 Å². The summed E-state index contributed by atoms with van der Waals surface area (Å²) in [5.41, 5.74) is 2.57. The highest BCUT2D eigenvalue weighted by Gasteiger charge is 2.56. The van der Waals surface area contributed by atoms with Crippen LogP contribution in [-0.4, -0.2) is 11.2 Å². The zero-order valence-corrected chi connectivity index (χ0v) is 15.7. The first-order valence-corrected chi connectivity index (χ1v) is 9.80. The molecule has 0 bridgehead atoms. The van der Waals surface area contributed by atoms with Crippen molar-refractivity contribution in [2.24, 2.45) is 28.1 Å². The van der Waals surface area contributed by atoms with Crippen LogP contribution in [0.2, 0.25) is 0 Å². The zero-order chi connectivity index (χ0) is 16.9. The van der Waals surface area contributed by atoms with Gasteiger partial charge in [-0.1, -0.05) is 58.3 Å². The average molecular weight is 317 g/mol. The van der Waals surface area contributed by atoms with Gasteiger partial charge < -0.3 is 5.11 Å². The minimum absolute atomic E-state index is 0.00602. The SMILES string of the molecule is C=CC(O)[C@]1(C)CCC[C@@]2(C)C3=CC[C@](C)(CC)CC3CCC12. The van der Waals surface area contributed by atoms with Crippen molar-refractivity contribution in [3.05, 3.63) is 24.3 Å². The second kappa shape index (κ2) is 5.76. The molecule has 0 aromatic carbocycles. The van der Waals surface area contributed by atoms with Gasteiger partial charge in [0.2, 0.25) is 0 Å². The maximum Gasteiger partial charge on any atom is 0.0774 e. The number of hydrogen-bond donors (Lipinski definition) is 1. The van der Waals surface area contributed by atoms with Gasteiger partial charge in [0, 0.05) is 5.41 Å². The van der Waals surface area contributed by atoms with Crippen LogP contribution in [0, 0.1) is 28.1 Å². The molecular formula is C22H36O. The maximum absolute atomic E-state index is 10.7. The molecule has 0 heterocycles. The molecule has 0 aliphatic heterocycles. The lowest BCUT2D eigenvalue weighted by atomic mass is 9.45. The number of rotatable bonds is 3. The Balaban J connectivity index is 1.96. The van der Waals surface area contributed by atoms with E-state index in [1.165, 1.54) is 44.9 Å². The number of aliphatic hydroxyl groups is 1. The van der Waals surface area contributed by atoms with Crippen molar-refractivity contribution in [2.75, 3.05) is 0 Å². The van der Waals surface area contributed by atoms with Crippen molar-refractivity contribution < 1.29 is 5.11 Å². The maximum atomic E-state index is 10.7. The number of allylic oxidation sites excluding steroid dienone is 2. The van der Waals surface area contributed by atoms with E-state index in [1.54, 1.807) is 11.6 Å². The molecule has 1 heteroatoms. The number of hydrogen-bond acceptors (Lipinski definition) is 1. The standard InChI is InChI=1S/C22H36O/c1-6-19(23)22(5)13-8-12-21(4)17-11-14-20(3,7-2)15-16(17)9-10-18(21)22/h6,11,16,18-19,23H,1,7-10,12-15H2,2-5H3/t16?,18?,19?,20-,21-,22+/m0/s1. The molecule has 0 saturated heterocycles. The fourth-order valence-electron chi connectivity index (χ4n) is 6.45. The smallest absolute Gasteiger partial charge is 0.0774 e. The molecule has 3 aliphatic carbocycles. The van der Waals surface area contributed by atoms with Crippen LogP contribution in [0.5, 0.6) is 0 Å². The molecule has 0 radical (unpaired) electrons. The van der Waals surface area contributed by atoms with Gasteiger partial charge >= 0.3 is 0 Å². The van der Waals surface area contributed by atoms with Crippen molar-refractivity contribution in [2.45, 2.75) is 85.2 Å². The second-order valence-corrected chi connectivity index (χ2v) is 9.52. The summed E-state index contributed by atoms with van der Waals surface area (Å²) >= 11 is 0. The van der Waals surface area contributed by atoms with Crippen LogP contribution < -0.4 is 0 Å². The molecule has 2 saturated carbocycles. The number of fused-ring (bicyclic) bond motifs is 3. The molecule has 3 rings (SSSR count). The lowest BCUT2D eigenvalue weighted by molar-refractivity contribution is -0.0825. The van der Waals surface area contributed by atoms with Crippen molar-refractivity contribution in [1.82, 2.24) is 0 Å². The van der Waals surface area contributed by atoms with Crippen molar-refractivity contribution in [3.8, 4) is 0 Å². The summed E-state index contributed by atoms with van der Waals surface area (Å²) in [7, 11) is 0. The molecule has 1 nitrogen and oxygen atoms in total. The van der Waals surface area contributed by atoms with Crippen molar-refractivity contribution in [1.29, 1.82) is 0 Å². The van der Waals surface area contributed by atoms with Gasteiger partial charge in [-0.05, 0) is 61.2 Å². The third-order valence-corrected chi connectivity index (χ3v) is 8.19. The Labute approximate surface area is 143 Å². The molecule has 23 heavy (non-hydrogen) atoms.